The van der Waals surface area contributed by atoms with Gasteiger partial charge >= 0.3 is 0 Å². The predicted molar refractivity (Wildman–Crippen MR) is 159 cm³/mol. The molecule has 8 heteroatoms. The largest absolute Gasteiger partial charge is 0.456 e. The van der Waals surface area contributed by atoms with Crippen LogP contribution in [-0.2, 0) is 4.79 Å². The van der Waals surface area contributed by atoms with Gasteiger partial charge in [0.1, 0.15) is 11.2 Å². The Hall–Kier alpha value is -3.21. The Morgan fingerprint density at radius 3 is 2.72 bits per heavy atom. The number of carbonyl (C=O) groups excluding carboxylic acids is 1. The first kappa shape index (κ1) is 23.2. The SMILES string of the molecule is O=C(CSc1nc2ccc(N=Cc3ccc(I)cc3)cc2s1)Nc1ccc2c(c1)oc1ccccc12. The van der Waals surface area contributed by atoms with Gasteiger partial charge in [-0.15, -0.1) is 11.3 Å². The van der Waals surface area contributed by atoms with Crippen molar-refractivity contribution in [2.75, 3.05) is 11.1 Å². The Balaban J connectivity index is 1.11. The number of amides is 1. The maximum Gasteiger partial charge on any atom is 0.234 e. The third kappa shape index (κ3) is 5.02. The molecule has 5 nitrogen and oxygen atoms in total. The van der Waals surface area contributed by atoms with Crippen LogP contribution >= 0.6 is 45.7 Å². The van der Waals surface area contributed by atoms with Crippen LogP contribution in [0.5, 0.6) is 0 Å². The van der Waals surface area contributed by atoms with E-state index >= 15 is 0 Å². The van der Waals surface area contributed by atoms with Gasteiger partial charge in [0.15, 0.2) is 4.34 Å². The van der Waals surface area contributed by atoms with Gasteiger partial charge in [-0.25, -0.2) is 4.98 Å². The lowest BCUT2D eigenvalue weighted by molar-refractivity contribution is -0.113. The fourth-order valence-corrected chi connectivity index (χ4v) is 6.12. The molecule has 0 saturated carbocycles. The van der Waals surface area contributed by atoms with Gasteiger partial charge in [0.25, 0.3) is 0 Å². The second-order valence-corrected chi connectivity index (χ2v) is 11.6. The van der Waals surface area contributed by atoms with E-state index < -0.39 is 0 Å². The van der Waals surface area contributed by atoms with Gasteiger partial charge < -0.3 is 9.73 Å². The molecule has 2 heterocycles. The van der Waals surface area contributed by atoms with Gasteiger partial charge in [0, 0.05) is 32.3 Å². The number of para-hydroxylation sites is 1. The molecular weight excluding hydrogens is 601 g/mol. The van der Waals surface area contributed by atoms with Gasteiger partial charge in [0.2, 0.25) is 5.91 Å². The number of hydrogen-bond donors (Lipinski definition) is 1. The summed E-state index contributed by atoms with van der Waals surface area (Å²) in [7, 11) is 0. The highest BCUT2D eigenvalue weighted by Gasteiger charge is 2.11. The third-order valence-electron chi connectivity index (χ3n) is 5.57. The Morgan fingerprint density at radius 1 is 1.00 bits per heavy atom. The van der Waals surface area contributed by atoms with Crippen molar-refractivity contribution in [2.45, 2.75) is 4.34 Å². The number of thiazole rings is 1. The molecule has 1 amide bonds. The van der Waals surface area contributed by atoms with E-state index in [-0.39, 0.29) is 11.7 Å². The van der Waals surface area contributed by atoms with Crippen molar-refractivity contribution in [3.05, 3.63) is 94.1 Å². The fourth-order valence-electron chi connectivity index (χ4n) is 3.86. The summed E-state index contributed by atoms with van der Waals surface area (Å²) in [6.07, 6.45) is 1.86. The van der Waals surface area contributed by atoms with Crippen molar-refractivity contribution in [2.24, 2.45) is 4.99 Å². The Bertz CT molecular complexity index is 1760. The molecule has 0 bridgehead atoms. The van der Waals surface area contributed by atoms with Crippen molar-refractivity contribution >= 4 is 101 Å². The van der Waals surface area contributed by atoms with Gasteiger partial charge in [-0.05, 0) is 76.7 Å². The highest BCUT2D eigenvalue weighted by molar-refractivity contribution is 14.1. The number of thioether (sulfide) groups is 1. The number of aromatic nitrogens is 1. The van der Waals surface area contributed by atoms with E-state index in [1.807, 2.05) is 79.0 Å². The minimum Gasteiger partial charge on any atom is -0.456 e. The molecule has 0 spiro atoms. The van der Waals surface area contributed by atoms with Crippen LogP contribution in [0, 0.1) is 3.57 Å². The first-order chi connectivity index (χ1) is 17.6. The number of benzene rings is 4. The van der Waals surface area contributed by atoms with E-state index in [0.29, 0.717) is 5.69 Å². The number of nitrogens with one attached hydrogen (secondary N) is 1. The Morgan fingerprint density at radius 2 is 1.83 bits per heavy atom. The van der Waals surface area contributed by atoms with E-state index in [2.05, 4.69) is 50.0 Å². The van der Waals surface area contributed by atoms with E-state index in [4.69, 9.17) is 4.42 Å². The van der Waals surface area contributed by atoms with Crippen LogP contribution in [0.2, 0.25) is 0 Å². The molecule has 0 radical (unpaired) electrons. The van der Waals surface area contributed by atoms with Crippen molar-refractivity contribution in [3.63, 3.8) is 0 Å². The number of hydrogen-bond acceptors (Lipinski definition) is 6. The van der Waals surface area contributed by atoms with Crippen LogP contribution < -0.4 is 5.32 Å². The molecule has 4 aromatic carbocycles. The molecule has 36 heavy (non-hydrogen) atoms. The summed E-state index contributed by atoms with van der Waals surface area (Å²) in [6.45, 7) is 0. The van der Waals surface area contributed by atoms with Crippen LogP contribution in [0.15, 0.2) is 98.7 Å². The summed E-state index contributed by atoms with van der Waals surface area (Å²) in [5, 5.41) is 5.07. The number of furan rings is 1. The molecule has 2 aromatic heterocycles. The summed E-state index contributed by atoms with van der Waals surface area (Å²) >= 11 is 5.29. The van der Waals surface area contributed by atoms with Gasteiger partial charge in [-0.1, -0.05) is 42.1 Å². The molecule has 176 valence electrons. The lowest BCUT2D eigenvalue weighted by Crippen LogP contribution is -2.13. The van der Waals surface area contributed by atoms with E-state index in [0.717, 1.165) is 47.7 Å². The van der Waals surface area contributed by atoms with Crippen LogP contribution in [0.4, 0.5) is 11.4 Å². The van der Waals surface area contributed by atoms with Crippen LogP contribution in [-0.4, -0.2) is 22.9 Å². The first-order valence-corrected chi connectivity index (χ1v) is 14.0. The van der Waals surface area contributed by atoms with Crippen molar-refractivity contribution in [1.82, 2.24) is 4.98 Å². The molecule has 0 atom stereocenters. The summed E-state index contributed by atoms with van der Waals surface area (Å²) in [6, 6.07) is 27.9. The normalized spacial score (nSPS) is 11.7. The number of nitrogens with zero attached hydrogens (tertiary/aromatic N) is 2. The number of anilines is 1. The zero-order valence-corrected chi connectivity index (χ0v) is 22.6. The van der Waals surface area contributed by atoms with E-state index in [1.54, 1.807) is 11.3 Å². The molecule has 0 fully saturated rings. The minimum absolute atomic E-state index is 0.0856. The first-order valence-electron chi connectivity index (χ1n) is 11.1. The van der Waals surface area contributed by atoms with Crippen molar-refractivity contribution < 1.29 is 9.21 Å². The fraction of sp³-hybridized carbons (Fsp3) is 0.0357. The summed E-state index contributed by atoms with van der Waals surface area (Å²) in [4.78, 5) is 21.9. The molecule has 0 unspecified atom stereocenters. The topological polar surface area (TPSA) is 67.5 Å². The summed E-state index contributed by atoms with van der Waals surface area (Å²) in [5.74, 6) is 0.188. The Labute approximate surface area is 228 Å². The number of fused-ring (bicyclic) bond motifs is 4. The van der Waals surface area contributed by atoms with Crippen LogP contribution in [0.1, 0.15) is 5.56 Å². The van der Waals surface area contributed by atoms with Crippen LogP contribution in [0.25, 0.3) is 32.2 Å². The highest BCUT2D eigenvalue weighted by Crippen LogP contribution is 2.33. The highest BCUT2D eigenvalue weighted by atomic mass is 127. The number of rotatable bonds is 6. The zero-order valence-electron chi connectivity index (χ0n) is 18.8. The molecule has 1 N–H and O–H groups in total. The number of aliphatic imine (C=N–C) groups is 1. The molecule has 0 saturated heterocycles. The van der Waals surface area contributed by atoms with Gasteiger partial charge in [-0.3, -0.25) is 9.79 Å². The zero-order chi connectivity index (χ0) is 24.5. The number of halogens is 1. The summed E-state index contributed by atoms with van der Waals surface area (Å²) < 4.78 is 9.02. The Kier molecular flexibility index (Phi) is 6.47. The van der Waals surface area contributed by atoms with Crippen molar-refractivity contribution in [1.29, 1.82) is 0 Å². The molecule has 0 aliphatic rings. The van der Waals surface area contributed by atoms with Gasteiger partial charge in [0.05, 0.1) is 21.7 Å². The number of carbonyl (C=O) groups is 1. The lowest BCUT2D eigenvalue weighted by Gasteiger charge is -2.04. The second-order valence-electron chi connectivity index (χ2n) is 8.09. The predicted octanol–water partition coefficient (Wildman–Crippen LogP) is 8.28. The average molecular weight is 620 g/mol. The van der Waals surface area contributed by atoms with E-state index in [1.165, 1.54) is 15.3 Å². The molecule has 6 aromatic rings. The maximum absolute atomic E-state index is 12.6. The molecule has 6 rings (SSSR count). The lowest BCUT2D eigenvalue weighted by atomic mass is 10.1. The molecule has 0 aliphatic carbocycles. The minimum atomic E-state index is -0.0856. The van der Waals surface area contributed by atoms with Crippen molar-refractivity contribution in [3.8, 4) is 0 Å². The second kappa shape index (κ2) is 10.0. The maximum atomic E-state index is 12.6. The third-order valence-corrected chi connectivity index (χ3v) is 8.45. The molecular formula is C28H18IN3O2S2. The average Bonchev–Trinajstić information content (AvgIpc) is 3.47. The van der Waals surface area contributed by atoms with Crippen LogP contribution in [0.3, 0.4) is 0 Å². The van der Waals surface area contributed by atoms with Gasteiger partial charge in [-0.2, -0.15) is 0 Å². The molecule has 0 aliphatic heterocycles. The quantitative estimate of drug-likeness (QED) is 0.116. The standard InChI is InChI=1S/C28H18IN3O2S2/c29-18-7-5-17(6-8-18)15-30-19-10-12-23-26(14-19)36-28(32-23)35-16-27(33)31-20-9-11-22-21-3-1-2-4-24(21)34-25(22)13-20/h1-15H,16H2,(H,31,33). The summed E-state index contributed by atoms with van der Waals surface area (Å²) in [5.41, 5.74) is 5.15. The monoisotopic (exact) mass is 619 g/mol. The smallest absolute Gasteiger partial charge is 0.234 e. The van der Waals surface area contributed by atoms with E-state index in [9.17, 15) is 4.79 Å².